The molecule has 0 aliphatic rings. The summed E-state index contributed by atoms with van der Waals surface area (Å²) in [6.45, 7) is 13.2. The molecule has 5 heteroatoms. The van der Waals surface area contributed by atoms with E-state index < -0.39 is 9.04 Å². The maximum atomic E-state index is 10.9. The van der Waals surface area contributed by atoms with Crippen LogP contribution in [-0.2, 0) is 10.0 Å². The van der Waals surface area contributed by atoms with Crippen LogP contribution >= 0.6 is 0 Å². The summed E-state index contributed by atoms with van der Waals surface area (Å²) in [7, 11) is -1.28. The number of hydrogen-bond acceptors (Lipinski definition) is 3. The molecule has 1 aromatic rings. The van der Waals surface area contributed by atoms with Crippen LogP contribution in [0.2, 0.25) is 13.1 Å². The molecule has 0 aromatic heterocycles. The molecule has 1 rings (SSSR count). The third-order valence-electron chi connectivity index (χ3n) is 4.33. The Morgan fingerprint density at radius 3 is 2.09 bits per heavy atom. The monoisotopic (exact) mass is 337 g/mol. The summed E-state index contributed by atoms with van der Waals surface area (Å²) in [5, 5.41) is 10.9. The van der Waals surface area contributed by atoms with Gasteiger partial charge in [-0.2, -0.15) is 0 Å². The second kappa shape index (κ2) is 8.06. The van der Waals surface area contributed by atoms with Crippen molar-refractivity contribution >= 4 is 14.7 Å². The summed E-state index contributed by atoms with van der Waals surface area (Å²) < 4.78 is 6.60. The highest BCUT2D eigenvalue weighted by Crippen LogP contribution is 2.47. The number of hydrogen-bond donors (Lipinski definition) is 0. The topological polar surface area (TPSA) is 52.4 Å². The summed E-state index contributed by atoms with van der Waals surface area (Å²) in [6.07, 6.45) is 4.40. The first-order valence-electron chi connectivity index (χ1n) is 8.57. The van der Waals surface area contributed by atoms with Crippen molar-refractivity contribution in [3.8, 4) is 0 Å². The first-order valence-corrected chi connectivity index (χ1v) is 11.3. The van der Waals surface area contributed by atoms with E-state index in [-0.39, 0.29) is 21.6 Å². The van der Waals surface area contributed by atoms with Gasteiger partial charge in [0.1, 0.15) is 0 Å². The van der Waals surface area contributed by atoms with Gasteiger partial charge < -0.3 is 4.43 Å². The van der Waals surface area contributed by atoms with Crippen LogP contribution in [0, 0.1) is 15.5 Å². The van der Waals surface area contributed by atoms with Gasteiger partial charge in [-0.15, -0.1) is 0 Å². The van der Waals surface area contributed by atoms with Crippen molar-refractivity contribution < 1.29 is 9.35 Å². The van der Waals surface area contributed by atoms with E-state index in [9.17, 15) is 10.1 Å². The minimum absolute atomic E-state index is 0.0753. The minimum Gasteiger partial charge on any atom is -0.411 e. The summed E-state index contributed by atoms with van der Waals surface area (Å²) >= 11 is 0. The molecule has 130 valence electrons. The van der Waals surface area contributed by atoms with Gasteiger partial charge in [-0.05, 0) is 42.6 Å². The molecule has 0 radical (unpaired) electrons. The highest BCUT2D eigenvalue weighted by atomic mass is 28.3. The Labute approximate surface area is 142 Å². The average Bonchev–Trinajstić information content (AvgIpc) is 2.44. The summed E-state index contributed by atoms with van der Waals surface area (Å²) in [5.74, 6) is 0. The first-order chi connectivity index (χ1) is 10.6. The van der Waals surface area contributed by atoms with Crippen LogP contribution in [0.3, 0.4) is 0 Å². The van der Waals surface area contributed by atoms with E-state index in [1.54, 1.807) is 12.1 Å². The van der Waals surface area contributed by atoms with Crippen LogP contribution in [0.25, 0.3) is 0 Å². The number of benzene rings is 1. The van der Waals surface area contributed by atoms with Gasteiger partial charge in [0.2, 0.25) is 0 Å². The first kappa shape index (κ1) is 19.8. The second-order valence-electron chi connectivity index (χ2n) is 7.50. The van der Waals surface area contributed by atoms with Crippen molar-refractivity contribution in [3.63, 3.8) is 0 Å². The lowest BCUT2D eigenvalue weighted by molar-refractivity contribution is -0.384. The Balaban J connectivity index is 3.31. The van der Waals surface area contributed by atoms with E-state index in [1.807, 2.05) is 12.1 Å². The van der Waals surface area contributed by atoms with Crippen LogP contribution in [0.5, 0.6) is 0 Å². The lowest BCUT2D eigenvalue weighted by atomic mass is 9.69. The van der Waals surface area contributed by atoms with Gasteiger partial charge in [-0.3, -0.25) is 10.1 Å². The molecule has 0 N–H and O–H groups in total. The Bertz CT molecular complexity index is 508. The van der Waals surface area contributed by atoms with Gasteiger partial charge in [0.15, 0.2) is 9.04 Å². The Hall–Kier alpha value is -1.20. The molecule has 0 bridgehead atoms. The molecule has 23 heavy (non-hydrogen) atoms. The fourth-order valence-electron chi connectivity index (χ4n) is 3.13. The van der Waals surface area contributed by atoms with Crippen LogP contribution in [0.15, 0.2) is 24.3 Å². The maximum absolute atomic E-state index is 10.9. The van der Waals surface area contributed by atoms with Gasteiger partial charge >= 0.3 is 0 Å². The zero-order valence-corrected chi connectivity index (χ0v) is 16.5. The van der Waals surface area contributed by atoms with Crippen LogP contribution < -0.4 is 0 Å². The van der Waals surface area contributed by atoms with Gasteiger partial charge in [0.25, 0.3) is 5.69 Å². The Morgan fingerprint density at radius 1 is 1.13 bits per heavy atom. The molecule has 0 aliphatic carbocycles. The summed E-state index contributed by atoms with van der Waals surface area (Å²) in [4.78, 5) is 10.6. The third kappa shape index (κ3) is 4.88. The van der Waals surface area contributed by atoms with E-state index >= 15 is 0 Å². The van der Waals surface area contributed by atoms with Gasteiger partial charge in [0, 0.05) is 12.1 Å². The molecule has 0 aliphatic heterocycles. The highest BCUT2D eigenvalue weighted by molar-refractivity contribution is 6.48. The van der Waals surface area contributed by atoms with Crippen molar-refractivity contribution in [2.75, 3.05) is 0 Å². The number of rotatable bonds is 8. The fourth-order valence-corrected chi connectivity index (χ4v) is 4.55. The van der Waals surface area contributed by atoms with E-state index in [2.05, 4.69) is 40.8 Å². The molecule has 1 unspecified atom stereocenters. The molecule has 0 spiro atoms. The van der Waals surface area contributed by atoms with Crippen molar-refractivity contribution in [1.29, 1.82) is 0 Å². The maximum Gasteiger partial charge on any atom is 0.269 e. The lowest BCUT2D eigenvalue weighted by Crippen LogP contribution is -2.45. The predicted molar refractivity (Wildman–Crippen MR) is 98.3 cm³/mol. The zero-order valence-electron chi connectivity index (χ0n) is 15.4. The van der Waals surface area contributed by atoms with Gasteiger partial charge in [-0.25, -0.2) is 0 Å². The van der Waals surface area contributed by atoms with E-state index in [0.29, 0.717) is 0 Å². The Morgan fingerprint density at radius 2 is 1.70 bits per heavy atom. The number of nitro groups is 1. The largest absolute Gasteiger partial charge is 0.411 e. The molecular formula is C18H31NO3Si. The summed E-state index contributed by atoms with van der Waals surface area (Å²) in [5.41, 5.74) is 0.742. The number of unbranched alkanes of at least 4 members (excludes halogenated alkanes) is 2. The highest BCUT2D eigenvalue weighted by Gasteiger charge is 2.44. The van der Waals surface area contributed by atoms with E-state index in [0.717, 1.165) is 18.4 Å². The number of nitrogens with zero attached hydrogens (tertiary/aromatic N) is 1. The van der Waals surface area contributed by atoms with Crippen molar-refractivity contribution in [2.45, 2.75) is 72.1 Å². The normalized spacial score (nSPS) is 14.7. The number of non-ortho nitro benzene ring substituents is 1. The van der Waals surface area contributed by atoms with Crippen LogP contribution in [0.1, 0.15) is 58.9 Å². The smallest absolute Gasteiger partial charge is 0.269 e. The quantitative estimate of drug-likeness (QED) is 0.275. The fraction of sp³-hybridized carbons (Fsp3) is 0.667. The molecule has 0 heterocycles. The predicted octanol–water partition coefficient (Wildman–Crippen LogP) is 5.42. The van der Waals surface area contributed by atoms with Gasteiger partial charge in [0.05, 0.1) is 10.5 Å². The Kier molecular flexibility index (Phi) is 6.95. The van der Waals surface area contributed by atoms with Crippen LogP contribution in [0.4, 0.5) is 5.69 Å². The molecule has 1 aromatic carbocycles. The van der Waals surface area contributed by atoms with Crippen molar-refractivity contribution in [1.82, 2.24) is 0 Å². The molecule has 0 saturated heterocycles. The molecule has 4 nitrogen and oxygen atoms in total. The third-order valence-corrected chi connectivity index (χ3v) is 5.20. The molecule has 0 saturated carbocycles. The standard InChI is InChI=1S/C18H31NO3Si/c1-7-8-9-14-18(17(2,3)4,22-23(5)6)15-10-12-16(13-11-15)19(20)21/h10-13,23H,7-9,14H2,1-6H3. The molecular weight excluding hydrogens is 306 g/mol. The van der Waals surface area contributed by atoms with Crippen molar-refractivity contribution in [3.05, 3.63) is 39.9 Å². The SMILES string of the molecule is CCCCCC(O[SiH](C)C)(c1ccc([N+](=O)[O-])cc1)C(C)(C)C. The van der Waals surface area contributed by atoms with E-state index in [1.165, 1.54) is 12.8 Å². The number of nitro benzene ring substituents is 1. The van der Waals surface area contributed by atoms with Gasteiger partial charge in [-0.1, -0.05) is 47.0 Å². The average molecular weight is 338 g/mol. The van der Waals surface area contributed by atoms with E-state index in [4.69, 9.17) is 4.43 Å². The molecule has 1 atom stereocenters. The molecule has 0 fully saturated rings. The van der Waals surface area contributed by atoms with Crippen LogP contribution in [-0.4, -0.2) is 14.0 Å². The minimum atomic E-state index is -1.28. The zero-order chi connectivity index (χ0) is 17.7. The second-order valence-corrected chi connectivity index (χ2v) is 9.84. The summed E-state index contributed by atoms with van der Waals surface area (Å²) in [6, 6.07) is 6.96. The molecule has 0 amide bonds. The lowest BCUT2D eigenvalue weighted by Gasteiger charge is -2.47. The van der Waals surface area contributed by atoms with Crippen molar-refractivity contribution in [2.24, 2.45) is 5.41 Å².